The lowest BCUT2D eigenvalue weighted by Crippen LogP contribution is -2.20. The third kappa shape index (κ3) is 6.38. The first kappa shape index (κ1) is 27.9. The SMILES string of the molecule is COCCOc1cc2ncnc(Nc3cccc(C#Cc4ccc5c(c4)C(=O)NS5(=O)=O)c3)c2cc1OCCOC. The molecule has 0 atom stereocenters. The van der Waals surface area contributed by atoms with Crippen LogP contribution in [0.25, 0.3) is 10.9 Å². The van der Waals surface area contributed by atoms with Gasteiger partial charge in [-0.05, 0) is 42.5 Å². The number of fused-ring (bicyclic) bond motifs is 2. The van der Waals surface area contributed by atoms with Gasteiger partial charge in [0.2, 0.25) is 0 Å². The number of amides is 1. The number of hydrogen-bond donors (Lipinski definition) is 2. The number of nitrogens with one attached hydrogen (secondary N) is 2. The van der Waals surface area contributed by atoms with E-state index in [1.807, 2.05) is 35.1 Å². The molecule has 0 saturated heterocycles. The van der Waals surface area contributed by atoms with Gasteiger partial charge >= 0.3 is 0 Å². The molecule has 0 saturated carbocycles. The van der Waals surface area contributed by atoms with E-state index in [1.165, 1.54) is 18.5 Å². The van der Waals surface area contributed by atoms with Crippen LogP contribution in [0.5, 0.6) is 11.5 Å². The third-order valence-corrected chi connectivity index (χ3v) is 7.40. The quantitative estimate of drug-likeness (QED) is 0.214. The van der Waals surface area contributed by atoms with Gasteiger partial charge in [0.25, 0.3) is 15.9 Å². The van der Waals surface area contributed by atoms with Crippen LogP contribution in [0.2, 0.25) is 0 Å². The van der Waals surface area contributed by atoms with Crippen molar-refractivity contribution in [1.29, 1.82) is 0 Å². The van der Waals surface area contributed by atoms with Crippen molar-refractivity contribution in [2.75, 3.05) is 46.0 Å². The Hall–Kier alpha value is -4.70. The highest BCUT2D eigenvalue weighted by molar-refractivity contribution is 7.90. The summed E-state index contributed by atoms with van der Waals surface area (Å²) in [6.07, 6.45) is 1.46. The van der Waals surface area contributed by atoms with Crippen molar-refractivity contribution in [1.82, 2.24) is 14.7 Å². The predicted octanol–water partition coefficient (Wildman–Crippen LogP) is 3.26. The smallest absolute Gasteiger partial charge is 0.266 e. The van der Waals surface area contributed by atoms with Gasteiger partial charge in [0, 0.05) is 42.5 Å². The largest absolute Gasteiger partial charge is 0.487 e. The second-order valence-corrected chi connectivity index (χ2v) is 10.5. The molecule has 1 aliphatic heterocycles. The second-order valence-electron chi connectivity index (χ2n) is 8.82. The molecule has 210 valence electrons. The van der Waals surface area contributed by atoms with Crippen LogP contribution in [-0.2, 0) is 19.5 Å². The minimum absolute atomic E-state index is 0.0442. The van der Waals surface area contributed by atoms with Crippen molar-refractivity contribution in [3.63, 3.8) is 0 Å². The van der Waals surface area contributed by atoms with Gasteiger partial charge in [-0.1, -0.05) is 17.9 Å². The van der Waals surface area contributed by atoms with Gasteiger partial charge in [0.05, 0.1) is 24.3 Å². The zero-order valence-corrected chi connectivity index (χ0v) is 23.1. The lowest BCUT2D eigenvalue weighted by Gasteiger charge is -2.15. The summed E-state index contributed by atoms with van der Waals surface area (Å²) >= 11 is 0. The fourth-order valence-electron chi connectivity index (χ4n) is 4.07. The summed E-state index contributed by atoms with van der Waals surface area (Å²) < 4.78 is 47.9. The van der Waals surface area contributed by atoms with E-state index in [-0.39, 0.29) is 10.5 Å². The van der Waals surface area contributed by atoms with Crippen LogP contribution in [0.1, 0.15) is 21.5 Å². The molecule has 3 aromatic carbocycles. The first-order chi connectivity index (χ1) is 19.9. The van der Waals surface area contributed by atoms with Gasteiger partial charge in [-0.25, -0.2) is 23.1 Å². The molecule has 4 aromatic rings. The minimum atomic E-state index is -3.80. The van der Waals surface area contributed by atoms with E-state index in [2.05, 4.69) is 27.1 Å². The molecule has 5 rings (SSSR count). The summed E-state index contributed by atoms with van der Waals surface area (Å²) in [5, 5.41) is 4.04. The number of rotatable bonds is 10. The number of methoxy groups -OCH3 is 2. The Balaban J connectivity index is 1.40. The summed E-state index contributed by atoms with van der Waals surface area (Å²) in [6.45, 7) is 1.53. The molecule has 0 aliphatic carbocycles. The molecule has 11 nitrogen and oxygen atoms in total. The maximum Gasteiger partial charge on any atom is 0.266 e. The molecule has 0 bridgehead atoms. The molecule has 0 spiro atoms. The molecule has 0 radical (unpaired) electrons. The van der Waals surface area contributed by atoms with Crippen LogP contribution in [0.4, 0.5) is 11.5 Å². The summed E-state index contributed by atoms with van der Waals surface area (Å²) in [5.41, 5.74) is 2.69. The van der Waals surface area contributed by atoms with E-state index >= 15 is 0 Å². The average molecular weight is 575 g/mol. The fraction of sp³-hybridized carbons (Fsp3) is 0.207. The molecular weight excluding hydrogens is 548 g/mol. The Morgan fingerprint density at radius 2 is 1.56 bits per heavy atom. The molecule has 2 heterocycles. The van der Waals surface area contributed by atoms with Crippen LogP contribution >= 0.6 is 0 Å². The van der Waals surface area contributed by atoms with E-state index < -0.39 is 15.9 Å². The van der Waals surface area contributed by atoms with Crippen molar-refractivity contribution < 1.29 is 32.2 Å². The number of aromatic nitrogens is 2. The molecular formula is C29H26N4O7S. The van der Waals surface area contributed by atoms with Crippen LogP contribution in [0.3, 0.4) is 0 Å². The van der Waals surface area contributed by atoms with Crippen LogP contribution in [0.15, 0.2) is 65.8 Å². The Morgan fingerprint density at radius 1 is 0.854 bits per heavy atom. The van der Waals surface area contributed by atoms with Crippen molar-refractivity contribution in [2.45, 2.75) is 4.90 Å². The average Bonchev–Trinajstić information content (AvgIpc) is 3.20. The monoisotopic (exact) mass is 574 g/mol. The topological polar surface area (TPSA) is 138 Å². The summed E-state index contributed by atoms with van der Waals surface area (Å²) in [5.74, 6) is 7.01. The molecule has 1 aromatic heterocycles. The molecule has 0 unspecified atom stereocenters. The first-order valence-electron chi connectivity index (χ1n) is 12.5. The van der Waals surface area contributed by atoms with Gasteiger partial charge in [-0.2, -0.15) is 0 Å². The highest BCUT2D eigenvalue weighted by Crippen LogP contribution is 2.35. The van der Waals surface area contributed by atoms with Gasteiger partial charge in [-0.15, -0.1) is 0 Å². The zero-order chi connectivity index (χ0) is 28.8. The summed E-state index contributed by atoms with van der Waals surface area (Å²) in [6, 6.07) is 15.5. The maximum atomic E-state index is 12.0. The molecule has 1 amide bonds. The zero-order valence-electron chi connectivity index (χ0n) is 22.3. The van der Waals surface area contributed by atoms with Gasteiger partial charge in [-0.3, -0.25) is 4.79 Å². The fourth-order valence-corrected chi connectivity index (χ4v) is 5.22. The Kier molecular flexibility index (Phi) is 8.30. The Labute approximate surface area is 236 Å². The number of anilines is 2. The standard InChI is InChI=1S/C29H26N4O7S/c1-37-10-12-39-25-16-22-24(17-26(25)40-13-11-38-2)30-18-31-28(22)32-21-5-3-4-19(14-21)6-7-20-8-9-27-23(15-20)29(34)33-41(27,35)36/h3-5,8-9,14-18H,10-13H2,1-2H3,(H,33,34)(H,30,31,32). The lowest BCUT2D eigenvalue weighted by molar-refractivity contribution is 0.0985. The number of carbonyl (C=O) groups is 1. The summed E-state index contributed by atoms with van der Waals surface area (Å²) in [7, 11) is -0.592. The number of nitrogens with zero attached hydrogens (tertiary/aromatic N) is 2. The summed E-state index contributed by atoms with van der Waals surface area (Å²) in [4.78, 5) is 20.8. The van der Waals surface area contributed by atoms with E-state index in [0.717, 1.165) is 11.1 Å². The van der Waals surface area contributed by atoms with Crippen molar-refractivity contribution in [3.8, 4) is 23.3 Å². The van der Waals surface area contributed by atoms with Gasteiger partial charge < -0.3 is 24.3 Å². The van der Waals surface area contributed by atoms with Crippen LogP contribution < -0.4 is 19.5 Å². The van der Waals surface area contributed by atoms with Crippen molar-refractivity contribution in [3.05, 3.63) is 77.6 Å². The third-order valence-electron chi connectivity index (χ3n) is 6.01. The molecule has 0 fully saturated rings. The van der Waals surface area contributed by atoms with Crippen LogP contribution in [0, 0.1) is 11.8 Å². The van der Waals surface area contributed by atoms with E-state index in [9.17, 15) is 13.2 Å². The van der Waals surface area contributed by atoms with Crippen LogP contribution in [-0.4, -0.2) is 64.9 Å². The highest BCUT2D eigenvalue weighted by atomic mass is 32.2. The first-order valence-corrected chi connectivity index (χ1v) is 14.0. The van der Waals surface area contributed by atoms with E-state index in [1.54, 1.807) is 26.4 Å². The van der Waals surface area contributed by atoms with E-state index in [0.29, 0.717) is 60.4 Å². The second kappa shape index (κ2) is 12.2. The Morgan fingerprint density at radius 3 is 2.29 bits per heavy atom. The number of ether oxygens (including phenoxy) is 4. The molecule has 1 aliphatic rings. The number of benzene rings is 3. The maximum absolute atomic E-state index is 12.0. The predicted molar refractivity (Wildman–Crippen MR) is 151 cm³/mol. The minimum Gasteiger partial charge on any atom is -0.487 e. The normalized spacial score (nSPS) is 13.2. The number of sulfonamides is 1. The molecule has 41 heavy (non-hydrogen) atoms. The molecule has 2 N–H and O–H groups in total. The van der Waals surface area contributed by atoms with E-state index in [4.69, 9.17) is 18.9 Å². The molecule has 12 heteroatoms. The number of hydrogen-bond acceptors (Lipinski definition) is 10. The van der Waals surface area contributed by atoms with Crippen molar-refractivity contribution >= 4 is 38.3 Å². The van der Waals surface area contributed by atoms with Gasteiger partial charge in [0.1, 0.15) is 30.3 Å². The Bertz CT molecular complexity index is 1780. The van der Waals surface area contributed by atoms with Gasteiger partial charge in [0.15, 0.2) is 11.5 Å². The lowest BCUT2D eigenvalue weighted by atomic mass is 10.1. The number of carbonyl (C=O) groups excluding carboxylic acids is 1. The van der Waals surface area contributed by atoms with Crippen molar-refractivity contribution in [2.24, 2.45) is 0 Å². The highest BCUT2D eigenvalue weighted by Gasteiger charge is 2.32.